The number of nitriles is 1. The van der Waals surface area contributed by atoms with Gasteiger partial charge in [0.15, 0.2) is 0 Å². The van der Waals surface area contributed by atoms with E-state index in [0.717, 1.165) is 5.69 Å². The Morgan fingerprint density at radius 2 is 1.76 bits per heavy atom. The lowest BCUT2D eigenvalue weighted by Gasteiger charge is -2.08. The van der Waals surface area contributed by atoms with E-state index in [1.807, 2.05) is 12.1 Å². The van der Waals surface area contributed by atoms with Crippen LogP contribution in [0.5, 0.6) is 0 Å². The van der Waals surface area contributed by atoms with Gasteiger partial charge in [0, 0.05) is 15.7 Å². The van der Waals surface area contributed by atoms with Gasteiger partial charge < -0.3 is 5.32 Å². The van der Waals surface area contributed by atoms with Crippen LogP contribution in [0.4, 0.5) is 11.4 Å². The average Bonchev–Trinajstić information content (AvgIpc) is 2.31. The summed E-state index contributed by atoms with van der Waals surface area (Å²) in [5, 5.41) is 13.3. The molecule has 4 heteroatoms. The predicted molar refractivity (Wildman–Crippen MR) is 70.9 cm³/mol. The fourth-order valence-electron chi connectivity index (χ4n) is 1.44. The molecule has 0 aromatic heterocycles. The Bertz CT molecular complexity index is 588. The molecular weight excluding hydrogens is 255 g/mol. The fraction of sp³-hybridized carbons (Fsp3) is 0. The summed E-state index contributed by atoms with van der Waals surface area (Å²) in [4.78, 5) is 0. The van der Waals surface area contributed by atoms with Crippen LogP contribution in [0.2, 0.25) is 10.0 Å². The monoisotopic (exact) mass is 262 g/mol. The molecule has 0 bridgehead atoms. The molecule has 2 aromatic carbocycles. The third-order valence-corrected chi connectivity index (χ3v) is 2.68. The summed E-state index contributed by atoms with van der Waals surface area (Å²) in [5.74, 6) is 0. The summed E-state index contributed by atoms with van der Waals surface area (Å²) in [7, 11) is 0. The lowest BCUT2D eigenvalue weighted by atomic mass is 10.2. The van der Waals surface area contributed by atoms with Crippen molar-refractivity contribution in [3.63, 3.8) is 0 Å². The second-order valence-electron chi connectivity index (χ2n) is 3.44. The summed E-state index contributed by atoms with van der Waals surface area (Å²) in [6.45, 7) is 0. The van der Waals surface area contributed by atoms with E-state index < -0.39 is 0 Å². The van der Waals surface area contributed by atoms with Crippen LogP contribution in [-0.2, 0) is 0 Å². The molecule has 0 aliphatic rings. The Morgan fingerprint density at radius 3 is 2.47 bits per heavy atom. The highest BCUT2D eigenvalue weighted by Crippen LogP contribution is 2.25. The van der Waals surface area contributed by atoms with Gasteiger partial charge in [-0.2, -0.15) is 5.26 Å². The van der Waals surface area contributed by atoms with Crippen molar-refractivity contribution >= 4 is 34.6 Å². The smallest absolute Gasteiger partial charge is 0.101 e. The average molecular weight is 263 g/mol. The van der Waals surface area contributed by atoms with Crippen molar-refractivity contribution in [2.45, 2.75) is 0 Å². The molecule has 0 fully saturated rings. The van der Waals surface area contributed by atoms with Gasteiger partial charge in [0.05, 0.1) is 11.3 Å². The molecule has 0 aliphatic carbocycles. The van der Waals surface area contributed by atoms with Crippen LogP contribution in [0.15, 0.2) is 42.5 Å². The van der Waals surface area contributed by atoms with Crippen LogP contribution in [-0.4, -0.2) is 0 Å². The molecule has 0 unspecified atom stereocenters. The van der Waals surface area contributed by atoms with Gasteiger partial charge >= 0.3 is 0 Å². The highest BCUT2D eigenvalue weighted by molar-refractivity contribution is 6.31. The minimum absolute atomic E-state index is 0.498. The molecule has 0 aliphatic heterocycles. The Balaban J connectivity index is 2.34. The summed E-state index contributed by atoms with van der Waals surface area (Å²) < 4.78 is 0. The van der Waals surface area contributed by atoms with Crippen molar-refractivity contribution < 1.29 is 0 Å². The molecule has 84 valence electrons. The molecule has 0 radical (unpaired) electrons. The van der Waals surface area contributed by atoms with Crippen molar-refractivity contribution in [2.24, 2.45) is 0 Å². The van der Waals surface area contributed by atoms with Crippen LogP contribution in [0.1, 0.15) is 5.56 Å². The van der Waals surface area contributed by atoms with Gasteiger partial charge in [0.25, 0.3) is 0 Å². The van der Waals surface area contributed by atoms with Gasteiger partial charge in [-0.15, -0.1) is 0 Å². The molecule has 2 rings (SSSR count). The molecule has 2 nitrogen and oxygen atoms in total. The van der Waals surface area contributed by atoms with Gasteiger partial charge in [0.2, 0.25) is 0 Å². The highest BCUT2D eigenvalue weighted by atomic mass is 35.5. The maximum atomic E-state index is 9.00. The number of benzene rings is 2. The number of halogens is 2. The lowest BCUT2D eigenvalue weighted by Crippen LogP contribution is -1.93. The van der Waals surface area contributed by atoms with Gasteiger partial charge in [-0.25, -0.2) is 0 Å². The normalized spacial score (nSPS) is 9.71. The number of rotatable bonds is 2. The van der Waals surface area contributed by atoms with Crippen molar-refractivity contribution in [3.05, 3.63) is 58.1 Å². The Hall–Kier alpha value is -1.69. The number of hydrogen-bond donors (Lipinski definition) is 1. The molecule has 0 atom stereocenters. The summed E-state index contributed by atoms with van der Waals surface area (Å²) in [6, 6.07) is 14.5. The first-order valence-corrected chi connectivity index (χ1v) is 5.67. The first kappa shape index (κ1) is 11.8. The SMILES string of the molecule is N#Cc1cc(Cl)ccc1Nc1cccc(Cl)c1. The van der Waals surface area contributed by atoms with Crippen molar-refractivity contribution in [1.82, 2.24) is 0 Å². The standard InChI is InChI=1S/C13H8Cl2N2/c14-10-2-1-3-12(7-10)17-13-5-4-11(15)6-9(13)8-16/h1-7,17H. The quantitative estimate of drug-likeness (QED) is 0.858. The number of nitrogens with zero attached hydrogens (tertiary/aromatic N) is 1. The Morgan fingerprint density at radius 1 is 1.00 bits per heavy atom. The summed E-state index contributed by atoms with van der Waals surface area (Å²) in [6.07, 6.45) is 0. The molecular formula is C13H8Cl2N2. The Kier molecular flexibility index (Phi) is 3.53. The topological polar surface area (TPSA) is 35.8 Å². The first-order valence-electron chi connectivity index (χ1n) is 4.91. The summed E-state index contributed by atoms with van der Waals surface area (Å²) >= 11 is 11.7. The molecule has 0 amide bonds. The van der Waals surface area contributed by atoms with Crippen LogP contribution >= 0.6 is 23.2 Å². The first-order chi connectivity index (χ1) is 8.19. The molecule has 1 N–H and O–H groups in total. The Labute approximate surface area is 109 Å². The van der Waals surface area contributed by atoms with Crippen LogP contribution in [0, 0.1) is 11.3 Å². The van der Waals surface area contributed by atoms with E-state index in [4.69, 9.17) is 28.5 Å². The second kappa shape index (κ2) is 5.09. The second-order valence-corrected chi connectivity index (χ2v) is 4.31. The van der Waals surface area contributed by atoms with Crippen LogP contribution < -0.4 is 5.32 Å². The fourth-order valence-corrected chi connectivity index (χ4v) is 1.80. The van der Waals surface area contributed by atoms with E-state index in [1.165, 1.54) is 0 Å². The molecule has 0 saturated carbocycles. The largest absolute Gasteiger partial charge is 0.354 e. The minimum Gasteiger partial charge on any atom is -0.354 e. The van der Waals surface area contributed by atoms with Gasteiger partial charge in [0.1, 0.15) is 6.07 Å². The predicted octanol–water partition coefficient (Wildman–Crippen LogP) is 4.61. The number of nitrogens with one attached hydrogen (secondary N) is 1. The van der Waals surface area contributed by atoms with Crippen LogP contribution in [0.3, 0.4) is 0 Å². The van der Waals surface area contributed by atoms with E-state index in [2.05, 4.69) is 11.4 Å². The zero-order valence-electron chi connectivity index (χ0n) is 8.74. The lowest BCUT2D eigenvalue weighted by molar-refractivity contribution is 1.46. The molecule has 0 saturated heterocycles. The van der Waals surface area contributed by atoms with E-state index >= 15 is 0 Å². The van der Waals surface area contributed by atoms with Crippen molar-refractivity contribution in [2.75, 3.05) is 5.32 Å². The van der Waals surface area contributed by atoms with Crippen LogP contribution in [0.25, 0.3) is 0 Å². The zero-order valence-corrected chi connectivity index (χ0v) is 10.3. The van der Waals surface area contributed by atoms with Gasteiger partial charge in [-0.05, 0) is 36.4 Å². The number of anilines is 2. The van der Waals surface area contributed by atoms with E-state index in [-0.39, 0.29) is 0 Å². The third kappa shape index (κ3) is 2.91. The number of hydrogen-bond acceptors (Lipinski definition) is 2. The van der Waals surface area contributed by atoms with E-state index in [0.29, 0.717) is 21.3 Å². The maximum Gasteiger partial charge on any atom is 0.101 e. The van der Waals surface area contributed by atoms with Crippen molar-refractivity contribution in [1.29, 1.82) is 5.26 Å². The summed E-state index contributed by atoms with van der Waals surface area (Å²) in [5.41, 5.74) is 2.04. The third-order valence-electron chi connectivity index (χ3n) is 2.21. The highest BCUT2D eigenvalue weighted by Gasteiger charge is 2.03. The molecule has 2 aromatic rings. The van der Waals surface area contributed by atoms with E-state index in [9.17, 15) is 0 Å². The van der Waals surface area contributed by atoms with Gasteiger partial charge in [-0.3, -0.25) is 0 Å². The zero-order chi connectivity index (χ0) is 12.3. The molecule has 0 spiro atoms. The molecule has 0 heterocycles. The molecule has 17 heavy (non-hydrogen) atoms. The maximum absolute atomic E-state index is 9.00. The minimum atomic E-state index is 0.498. The van der Waals surface area contributed by atoms with Gasteiger partial charge in [-0.1, -0.05) is 29.3 Å². The van der Waals surface area contributed by atoms with E-state index in [1.54, 1.807) is 30.3 Å². The van der Waals surface area contributed by atoms with Crippen molar-refractivity contribution in [3.8, 4) is 6.07 Å².